The zero-order valence-electron chi connectivity index (χ0n) is 14.7. The van der Waals surface area contributed by atoms with E-state index in [1.54, 1.807) is 31.4 Å². The fraction of sp³-hybridized carbons (Fsp3) is 0.263. The summed E-state index contributed by atoms with van der Waals surface area (Å²) in [5.41, 5.74) is 0.795. The zero-order valence-corrected chi connectivity index (χ0v) is 14.7. The van der Waals surface area contributed by atoms with Crippen molar-refractivity contribution in [2.75, 3.05) is 32.7 Å². The number of halogens is 1. The van der Waals surface area contributed by atoms with Crippen LogP contribution in [0.5, 0.6) is 5.75 Å². The van der Waals surface area contributed by atoms with E-state index >= 15 is 0 Å². The van der Waals surface area contributed by atoms with Crippen LogP contribution in [0, 0.1) is 5.82 Å². The van der Waals surface area contributed by atoms with E-state index in [4.69, 9.17) is 9.47 Å². The summed E-state index contributed by atoms with van der Waals surface area (Å²) in [5.74, 6) is -1.41. The summed E-state index contributed by atoms with van der Waals surface area (Å²) in [6, 6.07) is 10.5. The molecule has 0 saturated carbocycles. The number of para-hydroxylation sites is 1. The number of carbonyl (C=O) groups is 2. The van der Waals surface area contributed by atoms with Gasteiger partial charge in [-0.25, -0.2) is 4.39 Å². The van der Waals surface area contributed by atoms with E-state index in [1.807, 2.05) is 0 Å². The van der Waals surface area contributed by atoms with E-state index in [-0.39, 0.29) is 17.2 Å². The first-order chi connectivity index (χ1) is 12.6. The third kappa shape index (κ3) is 5.03. The van der Waals surface area contributed by atoms with Crippen LogP contribution >= 0.6 is 0 Å². The highest BCUT2D eigenvalue weighted by Gasteiger charge is 2.15. The Bertz CT molecular complexity index is 780. The Morgan fingerprint density at radius 2 is 1.85 bits per heavy atom. The van der Waals surface area contributed by atoms with Crippen LogP contribution in [0.2, 0.25) is 0 Å². The Hall–Kier alpha value is -2.93. The molecule has 2 rings (SSSR count). The van der Waals surface area contributed by atoms with Gasteiger partial charge in [-0.2, -0.15) is 0 Å². The summed E-state index contributed by atoms with van der Waals surface area (Å²) in [5, 5.41) is 5.41. The van der Waals surface area contributed by atoms with Gasteiger partial charge >= 0.3 is 0 Å². The maximum absolute atomic E-state index is 13.8. The monoisotopic (exact) mass is 360 g/mol. The van der Waals surface area contributed by atoms with Crippen molar-refractivity contribution in [2.24, 2.45) is 0 Å². The molecule has 2 aromatic rings. The number of hydrogen-bond donors (Lipinski definition) is 2. The van der Waals surface area contributed by atoms with Crippen LogP contribution in [0.4, 0.5) is 10.1 Å². The van der Waals surface area contributed by atoms with E-state index in [0.29, 0.717) is 30.8 Å². The molecule has 0 spiro atoms. The molecule has 0 heterocycles. The largest absolute Gasteiger partial charge is 0.494 e. The average molecular weight is 360 g/mol. The molecule has 2 amide bonds. The van der Waals surface area contributed by atoms with Gasteiger partial charge in [-0.15, -0.1) is 0 Å². The molecular weight excluding hydrogens is 339 g/mol. The second kappa shape index (κ2) is 9.53. The maximum atomic E-state index is 13.8. The second-order valence-electron chi connectivity index (χ2n) is 5.45. The standard InChI is InChI=1S/C19H21FN2O4/c1-25-11-5-10-21-19(24)14-6-3-4-7-16(14)22-18(23)13-8-9-17(26-2)15(20)12-13/h3-4,6-9,12H,5,10-11H2,1-2H3,(H,21,24)(H,22,23). The quantitative estimate of drug-likeness (QED) is 0.710. The predicted molar refractivity (Wildman–Crippen MR) is 96.2 cm³/mol. The lowest BCUT2D eigenvalue weighted by Crippen LogP contribution is -2.26. The van der Waals surface area contributed by atoms with Crippen molar-refractivity contribution >= 4 is 17.5 Å². The van der Waals surface area contributed by atoms with Crippen molar-refractivity contribution < 1.29 is 23.5 Å². The van der Waals surface area contributed by atoms with E-state index in [2.05, 4.69) is 10.6 Å². The summed E-state index contributed by atoms with van der Waals surface area (Å²) in [7, 11) is 2.94. The Balaban J connectivity index is 2.10. The van der Waals surface area contributed by atoms with Gasteiger partial charge in [-0.05, 0) is 36.8 Å². The molecule has 0 saturated heterocycles. The third-order valence-electron chi connectivity index (χ3n) is 3.64. The van der Waals surface area contributed by atoms with Crippen LogP contribution in [0.15, 0.2) is 42.5 Å². The van der Waals surface area contributed by atoms with Gasteiger partial charge in [-0.3, -0.25) is 9.59 Å². The lowest BCUT2D eigenvalue weighted by atomic mass is 10.1. The smallest absolute Gasteiger partial charge is 0.255 e. The molecule has 0 aliphatic heterocycles. The lowest BCUT2D eigenvalue weighted by Gasteiger charge is -2.12. The van der Waals surface area contributed by atoms with Gasteiger partial charge in [0, 0.05) is 25.8 Å². The fourth-order valence-corrected chi connectivity index (χ4v) is 2.31. The first-order valence-corrected chi connectivity index (χ1v) is 8.08. The lowest BCUT2D eigenvalue weighted by molar-refractivity contribution is 0.0949. The van der Waals surface area contributed by atoms with Crippen LogP contribution in [-0.4, -0.2) is 39.2 Å². The van der Waals surface area contributed by atoms with Gasteiger partial charge in [0.25, 0.3) is 11.8 Å². The Morgan fingerprint density at radius 1 is 1.08 bits per heavy atom. The van der Waals surface area contributed by atoms with Crippen molar-refractivity contribution in [1.29, 1.82) is 0 Å². The molecule has 0 unspecified atom stereocenters. The van der Waals surface area contributed by atoms with Crippen LogP contribution in [0.25, 0.3) is 0 Å². The number of nitrogens with one attached hydrogen (secondary N) is 2. The first-order valence-electron chi connectivity index (χ1n) is 8.08. The van der Waals surface area contributed by atoms with Gasteiger partial charge in [0.05, 0.1) is 18.4 Å². The van der Waals surface area contributed by atoms with Crippen molar-refractivity contribution in [3.63, 3.8) is 0 Å². The predicted octanol–water partition coefficient (Wildman–Crippen LogP) is 2.85. The van der Waals surface area contributed by atoms with Gasteiger partial charge in [0.2, 0.25) is 0 Å². The fourth-order valence-electron chi connectivity index (χ4n) is 2.31. The van der Waals surface area contributed by atoms with Crippen molar-refractivity contribution in [3.05, 3.63) is 59.4 Å². The first kappa shape index (κ1) is 19.4. The molecule has 138 valence electrons. The minimum absolute atomic E-state index is 0.0531. The third-order valence-corrected chi connectivity index (χ3v) is 3.64. The maximum Gasteiger partial charge on any atom is 0.255 e. The Morgan fingerprint density at radius 3 is 2.54 bits per heavy atom. The molecule has 26 heavy (non-hydrogen) atoms. The number of methoxy groups -OCH3 is 2. The van der Waals surface area contributed by atoms with Crippen LogP contribution < -0.4 is 15.4 Å². The second-order valence-corrected chi connectivity index (χ2v) is 5.45. The van der Waals surface area contributed by atoms with E-state index in [9.17, 15) is 14.0 Å². The highest BCUT2D eigenvalue weighted by Crippen LogP contribution is 2.20. The Kier molecular flexibility index (Phi) is 7.11. The molecule has 0 aromatic heterocycles. The molecule has 0 radical (unpaired) electrons. The number of anilines is 1. The number of rotatable bonds is 8. The van der Waals surface area contributed by atoms with Crippen LogP contribution in [0.1, 0.15) is 27.1 Å². The highest BCUT2D eigenvalue weighted by atomic mass is 19.1. The zero-order chi connectivity index (χ0) is 18.9. The topological polar surface area (TPSA) is 76.7 Å². The number of carbonyl (C=O) groups excluding carboxylic acids is 2. The number of ether oxygens (including phenoxy) is 2. The Labute approximate surface area is 151 Å². The summed E-state index contributed by atoms with van der Waals surface area (Å²) in [6.45, 7) is 1.00. The molecule has 0 fully saturated rings. The molecule has 0 aliphatic carbocycles. The minimum atomic E-state index is -0.635. The molecule has 6 nitrogen and oxygen atoms in total. The van der Waals surface area contributed by atoms with Crippen molar-refractivity contribution in [2.45, 2.75) is 6.42 Å². The van der Waals surface area contributed by atoms with E-state index in [0.717, 1.165) is 6.07 Å². The van der Waals surface area contributed by atoms with E-state index < -0.39 is 11.7 Å². The van der Waals surface area contributed by atoms with Gasteiger partial charge in [0.1, 0.15) is 0 Å². The van der Waals surface area contributed by atoms with Gasteiger partial charge < -0.3 is 20.1 Å². The molecule has 2 N–H and O–H groups in total. The summed E-state index contributed by atoms with van der Waals surface area (Å²) < 4.78 is 23.5. The minimum Gasteiger partial charge on any atom is -0.494 e. The van der Waals surface area contributed by atoms with Crippen LogP contribution in [-0.2, 0) is 4.74 Å². The van der Waals surface area contributed by atoms with Gasteiger partial charge in [0.15, 0.2) is 11.6 Å². The summed E-state index contributed by atoms with van der Waals surface area (Å²) in [4.78, 5) is 24.7. The molecule has 7 heteroatoms. The molecular formula is C19H21FN2O4. The van der Waals surface area contributed by atoms with Crippen molar-refractivity contribution in [1.82, 2.24) is 5.32 Å². The number of hydrogen-bond acceptors (Lipinski definition) is 4. The molecule has 2 aromatic carbocycles. The number of benzene rings is 2. The number of amides is 2. The van der Waals surface area contributed by atoms with Gasteiger partial charge in [-0.1, -0.05) is 12.1 Å². The van der Waals surface area contributed by atoms with Crippen LogP contribution in [0.3, 0.4) is 0 Å². The summed E-state index contributed by atoms with van der Waals surface area (Å²) >= 11 is 0. The molecule has 0 atom stereocenters. The van der Waals surface area contributed by atoms with Crippen molar-refractivity contribution in [3.8, 4) is 5.75 Å². The summed E-state index contributed by atoms with van der Waals surface area (Å²) in [6.07, 6.45) is 0.682. The SMILES string of the molecule is COCCCNC(=O)c1ccccc1NC(=O)c1ccc(OC)c(F)c1. The molecule has 0 bridgehead atoms. The van der Waals surface area contributed by atoms with E-state index in [1.165, 1.54) is 19.2 Å². The normalized spacial score (nSPS) is 10.3. The highest BCUT2D eigenvalue weighted by molar-refractivity contribution is 6.09. The average Bonchev–Trinajstić information content (AvgIpc) is 2.65. The molecule has 0 aliphatic rings.